The summed E-state index contributed by atoms with van der Waals surface area (Å²) in [6.07, 6.45) is -1.09. The van der Waals surface area contributed by atoms with Gasteiger partial charge >= 0.3 is 0 Å². The number of sulfonamides is 1. The van der Waals surface area contributed by atoms with E-state index in [1.807, 2.05) is 6.07 Å². The Kier molecular flexibility index (Phi) is 10.7. The molecular formula is C31H37FN6O6SSi. The van der Waals surface area contributed by atoms with Gasteiger partial charge in [0.05, 0.1) is 44.8 Å². The first-order chi connectivity index (χ1) is 21.9. The molecule has 0 aliphatic heterocycles. The standard InChI is InChI=1S/C31H37FN6O6SSi/c1-41-25-11-9-12-26(42-2)29(25)38-30(24-10-8-13-28(34-24)44-4)35-36-31(38)37(16-17-46(5,6)7)45(39,40)20-27(43-3)23-15-14-22(32)18-21(23)19-33/h8-15,18,27H,16-17,20H2,1-7H3/t27-/m1/s1. The molecule has 15 heteroatoms. The van der Waals surface area contributed by atoms with Crippen molar-refractivity contribution in [1.29, 1.82) is 5.26 Å². The Morgan fingerprint density at radius 2 is 1.65 bits per heavy atom. The Labute approximate surface area is 269 Å². The van der Waals surface area contributed by atoms with Crippen LogP contribution in [0.4, 0.5) is 10.3 Å². The summed E-state index contributed by atoms with van der Waals surface area (Å²) in [6, 6.07) is 16.4. The minimum Gasteiger partial charge on any atom is -0.494 e. The van der Waals surface area contributed by atoms with E-state index < -0.39 is 35.8 Å². The highest BCUT2D eigenvalue weighted by Crippen LogP contribution is 2.39. The number of pyridine rings is 1. The lowest BCUT2D eigenvalue weighted by Crippen LogP contribution is -2.40. The van der Waals surface area contributed by atoms with Gasteiger partial charge in [-0.3, -0.25) is 4.57 Å². The van der Waals surface area contributed by atoms with Crippen LogP contribution in [-0.2, 0) is 14.8 Å². The summed E-state index contributed by atoms with van der Waals surface area (Å²) in [4.78, 5) is 4.54. The zero-order valence-electron chi connectivity index (χ0n) is 26.8. The van der Waals surface area contributed by atoms with E-state index in [4.69, 9.17) is 18.9 Å². The molecule has 0 aliphatic rings. The predicted octanol–water partition coefficient (Wildman–Crippen LogP) is 5.23. The molecule has 0 N–H and O–H groups in total. The Bertz CT molecular complexity index is 1820. The van der Waals surface area contributed by atoms with E-state index >= 15 is 0 Å². The number of hydrogen-bond acceptors (Lipinski definition) is 10. The molecule has 2 aromatic carbocycles. The van der Waals surface area contributed by atoms with Crippen molar-refractivity contribution >= 4 is 24.0 Å². The maximum atomic E-state index is 14.5. The van der Waals surface area contributed by atoms with Crippen LogP contribution in [0.2, 0.25) is 25.7 Å². The quantitative estimate of drug-likeness (QED) is 0.164. The number of rotatable bonds is 14. The van der Waals surface area contributed by atoms with E-state index in [0.717, 1.165) is 12.1 Å². The maximum Gasteiger partial charge on any atom is 0.246 e. The molecule has 0 aliphatic carbocycles. The van der Waals surface area contributed by atoms with Crippen LogP contribution in [0.15, 0.2) is 54.6 Å². The summed E-state index contributed by atoms with van der Waals surface area (Å²) >= 11 is 0. The Balaban J connectivity index is 1.98. The molecule has 4 rings (SSSR count). The number of benzene rings is 2. The molecule has 0 spiro atoms. The summed E-state index contributed by atoms with van der Waals surface area (Å²) < 4.78 is 68.1. The smallest absolute Gasteiger partial charge is 0.246 e. The number of aromatic nitrogens is 4. The van der Waals surface area contributed by atoms with E-state index in [0.29, 0.717) is 34.8 Å². The average Bonchev–Trinajstić information content (AvgIpc) is 3.46. The first kappa shape index (κ1) is 34.4. The minimum absolute atomic E-state index is 0.0241. The van der Waals surface area contributed by atoms with Crippen molar-refractivity contribution < 1.29 is 31.8 Å². The van der Waals surface area contributed by atoms with Crippen molar-refractivity contribution in [1.82, 2.24) is 19.7 Å². The van der Waals surface area contributed by atoms with E-state index in [9.17, 15) is 18.1 Å². The summed E-state index contributed by atoms with van der Waals surface area (Å²) in [5.41, 5.74) is 0.931. The molecule has 4 aromatic rings. The molecular weight excluding hydrogens is 632 g/mol. The lowest BCUT2D eigenvalue weighted by molar-refractivity contribution is 0.121. The summed E-state index contributed by atoms with van der Waals surface area (Å²) in [5.74, 6) is 0.0389. The second-order valence-corrected chi connectivity index (χ2v) is 19.0. The third kappa shape index (κ3) is 7.47. The van der Waals surface area contributed by atoms with E-state index in [1.54, 1.807) is 41.0 Å². The summed E-state index contributed by atoms with van der Waals surface area (Å²) in [6.45, 7) is 6.47. The van der Waals surface area contributed by atoms with Gasteiger partial charge in [0.1, 0.15) is 28.7 Å². The molecule has 0 saturated heterocycles. The van der Waals surface area contributed by atoms with E-state index in [2.05, 4.69) is 34.8 Å². The monoisotopic (exact) mass is 668 g/mol. The predicted molar refractivity (Wildman–Crippen MR) is 174 cm³/mol. The molecule has 0 bridgehead atoms. The van der Waals surface area contributed by atoms with Crippen molar-refractivity contribution in [2.45, 2.75) is 31.8 Å². The first-order valence-corrected chi connectivity index (χ1v) is 19.6. The van der Waals surface area contributed by atoms with Gasteiger partial charge in [0.2, 0.25) is 21.9 Å². The van der Waals surface area contributed by atoms with Crippen molar-refractivity contribution in [2.75, 3.05) is 45.0 Å². The maximum absolute atomic E-state index is 14.5. The number of hydrogen-bond donors (Lipinski definition) is 0. The fraction of sp³-hybridized carbons (Fsp3) is 0.355. The van der Waals surface area contributed by atoms with Crippen molar-refractivity contribution in [3.63, 3.8) is 0 Å². The van der Waals surface area contributed by atoms with E-state index in [-0.39, 0.29) is 29.4 Å². The van der Waals surface area contributed by atoms with Crippen molar-refractivity contribution in [3.8, 4) is 40.7 Å². The topological polar surface area (TPSA) is 142 Å². The number of nitrogens with zero attached hydrogens (tertiary/aromatic N) is 6. The zero-order chi connectivity index (χ0) is 33.6. The highest BCUT2D eigenvalue weighted by atomic mass is 32.2. The number of halogens is 1. The highest BCUT2D eigenvalue weighted by Gasteiger charge is 2.35. The van der Waals surface area contributed by atoms with Gasteiger partial charge in [0, 0.05) is 27.8 Å². The van der Waals surface area contributed by atoms with Crippen LogP contribution in [0.5, 0.6) is 17.4 Å². The van der Waals surface area contributed by atoms with Crippen LogP contribution < -0.4 is 18.5 Å². The van der Waals surface area contributed by atoms with Crippen molar-refractivity contribution in [3.05, 3.63) is 71.5 Å². The third-order valence-corrected chi connectivity index (χ3v) is 10.7. The third-order valence-electron chi connectivity index (χ3n) is 7.19. The van der Waals surface area contributed by atoms with Crippen LogP contribution >= 0.6 is 0 Å². The van der Waals surface area contributed by atoms with Gasteiger partial charge in [-0.05, 0) is 41.9 Å². The Morgan fingerprint density at radius 1 is 0.978 bits per heavy atom. The molecule has 2 aromatic heterocycles. The normalized spacial score (nSPS) is 12.3. The second kappa shape index (κ2) is 14.3. The summed E-state index contributed by atoms with van der Waals surface area (Å²) in [5, 5.41) is 18.5. The Morgan fingerprint density at radius 3 is 2.24 bits per heavy atom. The molecule has 0 radical (unpaired) electrons. The SMILES string of the molecule is COc1cccc(-c2nnc(N(CC[Si](C)(C)C)S(=O)(=O)C[C@@H](OC)c3ccc(F)cc3C#N)n2-c2c(OC)cccc2OC)n1. The van der Waals surface area contributed by atoms with Crippen LogP contribution in [0.1, 0.15) is 17.2 Å². The molecule has 0 saturated carbocycles. The van der Waals surface area contributed by atoms with E-state index in [1.165, 1.54) is 38.8 Å². The highest BCUT2D eigenvalue weighted by molar-refractivity contribution is 7.92. The number of anilines is 1. The van der Waals surface area contributed by atoms with Gasteiger partial charge in [0.15, 0.2) is 5.82 Å². The number of ether oxygens (including phenoxy) is 4. The van der Waals surface area contributed by atoms with Crippen LogP contribution in [0.25, 0.3) is 17.2 Å². The fourth-order valence-corrected chi connectivity index (χ4v) is 7.46. The molecule has 46 heavy (non-hydrogen) atoms. The fourth-order valence-electron chi connectivity index (χ4n) is 4.79. The van der Waals surface area contributed by atoms with Gasteiger partial charge in [-0.15, -0.1) is 10.2 Å². The lowest BCUT2D eigenvalue weighted by Gasteiger charge is -2.29. The average molecular weight is 669 g/mol. The van der Waals surface area contributed by atoms with Crippen molar-refractivity contribution in [2.24, 2.45) is 0 Å². The molecule has 1 atom stereocenters. The molecule has 2 heterocycles. The van der Waals surface area contributed by atoms with Crippen LogP contribution in [-0.4, -0.2) is 77.0 Å². The van der Waals surface area contributed by atoms with Gasteiger partial charge < -0.3 is 18.9 Å². The number of para-hydroxylation sites is 1. The lowest BCUT2D eigenvalue weighted by atomic mass is 10.0. The molecule has 244 valence electrons. The van der Waals surface area contributed by atoms with Gasteiger partial charge in [0.25, 0.3) is 0 Å². The largest absolute Gasteiger partial charge is 0.494 e. The van der Waals surface area contributed by atoms with Crippen LogP contribution in [0.3, 0.4) is 0 Å². The zero-order valence-corrected chi connectivity index (χ0v) is 28.6. The number of nitriles is 1. The molecule has 12 nitrogen and oxygen atoms in total. The molecule has 0 amide bonds. The molecule has 0 fully saturated rings. The number of methoxy groups -OCH3 is 4. The van der Waals surface area contributed by atoms with Crippen LogP contribution in [0, 0.1) is 17.1 Å². The summed E-state index contributed by atoms with van der Waals surface area (Å²) in [7, 11) is -0.284. The minimum atomic E-state index is -4.27. The van der Waals surface area contributed by atoms with Gasteiger partial charge in [-0.1, -0.05) is 37.8 Å². The first-order valence-electron chi connectivity index (χ1n) is 14.3. The van der Waals surface area contributed by atoms with Gasteiger partial charge in [-0.25, -0.2) is 22.1 Å². The Hall–Kier alpha value is -4.52. The molecule has 0 unspecified atom stereocenters. The van der Waals surface area contributed by atoms with Gasteiger partial charge in [-0.2, -0.15) is 5.26 Å². The second-order valence-electron chi connectivity index (χ2n) is 11.5.